The molecule has 0 aliphatic heterocycles. The summed E-state index contributed by atoms with van der Waals surface area (Å²) in [5.74, 6) is 0.643. The molecule has 0 N–H and O–H groups in total. The molecular formula is C15H14O. The van der Waals surface area contributed by atoms with Gasteiger partial charge in [-0.3, -0.25) is 4.79 Å². The maximum atomic E-state index is 11.9. The molecule has 0 saturated heterocycles. The first-order valence-corrected chi connectivity index (χ1v) is 5.84. The molecule has 16 heavy (non-hydrogen) atoms. The Morgan fingerprint density at radius 2 is 2.06 bits per heavy atom. The molecule has 1 atom stereocenters. The zero-order chi connectivity index (χ0) is 11.0. The summed E-state index contributed by atoms with van der Waals surface area (Å²) < 4.78 is 0. The van der Waals surface area contributed by atoms with Crippen LogP contribution in [0.2, 0.25) is 0 Å². The first kappa shape index (κ1) is 9.59. The van der Waals surface area contributed by atoms with Gasteiger partial charge in [-0.15, -0.1) is 0 Å². The highest BCUT2D eigenvalue weighted by Gasteiger charge is 2.30. The first-order chi connectivity index (χ1) is 7.86. The number of rotatable bonds is 1. The minimum atomic E-state index is 0.302. The Morgan fingerprint density at radius 3 is 2.88 bits per heavy atom. The smallest absolute Gasteiger partial charge is 0.164 e. The molecule has 0 radical (unpaired) electrons. The Hall–Kier alpha value is -1.63. The van der Waals surface area contributed by atoms with Crippen molar-refractivity contribution in [2.75, 3.05) is 0 Å². The molecule has 1 heteroatoms. The summed E-state index contributed by atoms with van der Waals surface area (Å²) in [6.07, 6.45) is 9.36. The fourth-order valence-electron chi connectivity index (χ4n) is 2.70. The Kier molecular flexibility index (Phi) is 2.24. The standard InChI is InChI=1S/C15H14O/c16-15-10-14(11-6-2-1-3-7-11)12-8-4-5-9-13(12)15/h1-2,4-6,8-9,14H,3,7,10H2. The van der Waals surface area contributed by atoms with Gasteiger partial charge in [0.2, 0.25) is 0 Å². The summed E-state index contributed by atoms with van der Waals surface area (Å²) in [4.78, 5) is 11.9. The van der Waals surface area contributed by atoms with Crippen molar-refractivity contribution < 1.29 is 4.79 Å². The fourth-order valence-corrected chi connectivity index (χ4v) is 2.70. The lowest BCUT2D eigenvalue weighted by Crippen LogP contribution is -2.00. The second-order valence-electron chi connectivity index (χ2n) is 4.48. The van der Waals surface area contributed by atoms with Crippen LogP contribution < -0.4 is 0 Å². The molecule has 2 aliphatic carbocycles. The van der Waals surface area contributed by atoms with Crippen LogP contribution >= 0.6 is 0 Å². The number of carbonyl (C=O) groups is 1. The van der Waals surface area contributed by atoms with Gasteiger partial charge in [-0.05, 0) is 18.4 Å². The van der Waals surface area contributed by atoms with Crippen LogP contribution in [0.15, 0.2) is 48.1 Å². The molecule has 0 amide bonds. The van der Waals surface area contributed by atoms with E-state index in [1.807, 2.05) is 18.2 Å². The number of allylic oxidation sites excluding steroid dienone is 4. The van der Waals surface area contributed by atoms with Gasteiger partial charge >= 0.3 is 0 Å². The average Bonchev–Trinajstić information content (AvgIpc) is 2.69. The average molecular weight is 210 g/mol. The minimum absolute atomic E-state index is 0.302. The van der Waals surface area contributed by atoms with Crippen LogP contribution in [-0.2, 0) is 0 Å². The van der Waals surface area contributed by atoms with Crippen molar-refractivity contribution in [1.82, 2.24) is 0 Å². The van der Waals surface area contributed by atoms with Gasteiger partial charge in [0.05, 0.1) is 0 Å². The van der Waals surface area contributed by atoms with Gasteiger partial charge in [0.15, 0.2) is 5.78 Å². The monoisotopic (exact) mass is 210 g/mol. The number of hydrogen-bond donors (Lipinski definition) is 0. The highest BCUT2D eigenvalue weighted by molar-refractivity contribution is 6.01. The SMILES string of the molecule is O=C1CC(C2=CC=CCC2)c2ccccc21. The van der Waals surface area contributed by atoms with Crippen molar-refractivity contribution in [3.8, 4) is 0 Å². The Bertz CT molecular complexity index is 494. The summed E-state index contributed by atoms with van der Waals surface area (Å²) in [6.45, 7) is 0. The van der Waals surface area contributed by atoms with Gasteiger partial charge in [-0.25, -0.2) is 0 Å². The number of ketones is 1. The van der Waals surface area contributed by atoms with Gasteiger partial charge in [0, 0.05) is 17.9 Å². The summed E-state index contributed by atoms with van der Waals surface area (Å²) in [5, 5.41) is 0. The third kappa shape index (κ3) is 1.44. The molecule has 1 aromatic rings. The zero-order valence-electron chi connectivity index (χ0n) is 9.15. The Labute approximate surface area is 95.5 Å². The number of fused-ring (bicyclic) bond motifs is 1. The van der Waals surface area contributed by atoms with Gasteiger partial charge < -0.3 is 0 Å². The van der Waals surface area contributed by atoms with E-state index in [4.69, 9.17) is 0 Å². The lowest BCUT2D eigenvalue weighted by Gasteiger charge is -2.16. The highest BCUT2D eigenvalue weighted by Crippen LogP contribution is 2.40. The number of hydrogen-bond acceptors (Lipinski definition) is 1. The van der Waals surface area contributed by atoms with Crippen LogP contribution in [-0.4, -0.2) is 5.78 Å². The molecule has 2 aliphatic rings. The van der Waals surface area contributed by atoms with Crippen LogP contribution in [0.5, 0.6) is 0 Å². The van der Waals surface area contributed by atoms with E-state index in [1.165, 1.54) is 11.1 Å². The second kappa shape index (κ2) is 3.75. The highest BCUT2D eigenvalue weighted by atomic mass is 16.1. The van der Waals surface area contributed by atoms with Crippen molar-refractivity contribution in [1.29, 1.82) is 0 Å². The summed E-state index contributed by atoms with van der Waals surface area (Å²) in [6, 6.07) is 8.04. The summed E-state index contributed by atoms with van der Waals surface area (Å²) in [7, 11) is 0. The van der Waals surface area contributed by atoms with E-state index in [9.17, 15) is 4.79 Å². The van der Waals surface area contributed by atoms with E-state index in [1.54, 1.807) is 0 Å². The molecule has 0 heterocycles. The third-order valence-electron chi connectivity index (χ3n) is 3.52. The number of benzene rings is 1. The van der Waals surface area contributed by atoms with Crippen molar-refractivity contribution in [2.24, 2.45) is 0 Å². The minimum Gasteiger partial charge on any atom is -0.294 e. The van der Waals surface area contributed by atoms with Crippen LogP contribution in [0.3, 0.4) is 0 Å². The fraction of sp³-hybridized carbons (Fsp3) is 0.267. The van der Waals surface area contributed by atoms with E-state index in [0.29, 0.717) is 18.1 Å². The van der Waals surface area contributed by atoms with Crippen LogP contribution in [0.1, 0.15) is 41.1 Å². The molecule has 1 unspecified atom stereocenters. The van der Waals surface area contributed by atoms with E-state index in [-0.39, 0.29) is 0 Å². The lowest BCUT2D eigenvalue weighted by atomic mass is 9.88. The molecule has 80 valence electrons. The van der Waals surface area contributed by atoms with E-state index in [0.717, 1.165) is 18.4 Å². The second-order valence-corrected chi connectivity index (χ2v) is 4.48. The zero-order valence-corrected chi connectivity index (χ0v) is 9.15. The molecule has 0 aromatic heterocycles. The maximum Gasteiger partial charge on any atom is 0.164 e. The van der Waals surface area contributed by atoms with Crippen molar-refractivity contribution in [3.05, 3.63) is 59.2 Å². The number of carbonyl (C=O) groups excluding carboxylic acids is 1. The van der Waals surface area contributed by atoms with Gasteiger partial charge in [-0.1, -0.05) is 48.1 Å². The third-order valence-corrected chi connectivity index (χ3v) is 3.52. The van der Waals surface area contributed by atoms with Crippen molar-refractivity contribution in [3.63, 3.8) is 0 Å². The molecule has 0 spiro atoms. The molecule has 1 aromatic carbocycles. The predicted molar refractivity (Wildman–Crippen MR) is 64.6 cm³/mol. The van der Waals surface area contributed by atoms with Crippen LogP contribution in [0, 0.1) is 0 Å². The molecule has 3 rings (SSSR count). The molecule has 0 bridgehead atoms. The summed E-state index contributed by atoms with van der Waals surface area (Å²) in [5.41, 5.74) is 3.58. The quantitative estimate of drug-likeness (QED) is 0.691. The van der Waals surface area contributed by atoms with E-state index in [2.05, 4.69) is 24.3 Å². The maximum absolute atomic E-state index is 11.9. The molecule has 1 nitrogen and oxygen atoms in total. The summed E-state index contributed by atoms with van der Waals surface area (Å²) >= 11 is 0. The topological polar surface area (TPSA) is 17.1 Å². The van der Waals surface area contributed by atoms with Crippen LogP contribution in [0.4, 0.5) is 0 Å². The number of Topliss-reactive ketones (excluding diaryl/α,β-unsaturated/α-hetero) is 1. The normalized spacial score (nSPS) is 23.1. The van der Waals surface area contributed by atoms with Crippen molar-refractivity contribution >= 4 is 5.78 Å². The molecular weight excluding hydrogens is 196 g/mol. The predicted octanol–water partition coefficient (Wildman–Crippen LogP) is 3.63. The first-order valence-electron chi connectivity index (χ1n) is 5.84. The van der Waals surface area contributed by atoms with E-state index >= 15 is 0 Å². The van der Waals surface area contributed by atoms with Gasteiger partial charge in [-0.2, -0.15) is 0 Å². The lowest BCUT2D eigenvalue weighted by molar-refractivity contribution is 0.0991. The Morgan fingerprint density at radius 1 is 1.19 bits per heavy atom. The van der Waals surface area contributed by atoms with Crippen LogP contribution in [0.25, 0.3) is 0 Å². The Balaban J connectivity index is 2.03. The van der Waals surface area contributed by atoms with Crippen molar-refractivity contribution in [2.45, 2.75) is 25.2 Å². The van der Waals surface area contributed by atoms with Gasteiger partial charge in [0.25, 0.3) is 0 Å². The molecule has 0 saturated carbocycles. The largest absolute Gasteiger partial charge is 0.294 e. The van der Waals surface area contributed by atoms with Gasteiger partial charge in [0.1, 0.15) is 0 Å². The van der Waals surface area contributed by atoms with E-state index < -0.39 is 0 Å². The molecule has 0 fully saturated rings.